The summed E-state index contributed by atoms with van der Waals surface area (Å²) in [6, 6.07) is 5.74. The van der Waals surface area contributed by atoms with Crippen LogP contribution >= 0.6 is 11.3 Å². The second kappa shape index (κ2) is 8.14. The molecule has 0 fully saturated rings. The molecule has 0 spiro atoms. The summed E-state index contributed by atoms with van der Waals surface area (Å²) in [5.41, 5.74) is 4.41. The summed E-state index contributed by atoms with van der Waals surface area (Å²) in [5, 5.41) is 6.50. The van der Waals surface area contributed by atoms with E-state index in [9.17, 15) is 9.59 Å². The van der Waals surface area contributed by atoms with E-state index in [0.29, 0.717) is 4.88 Å². The molecule has 2 aromatic heterocycles. The number of carbonyl (C=O) groups excluding carboxylic acids is 2. The zero-order valence-electron chi connectivity index (χ0n) is 18.6. The Bertz CT molecular complexity index is 1140. The maximum atomic E-state index is 12.8. The lowest BCUT2D eigenvalue weighted by Gasteiger charge is -2.16. The molecule has 2 amide bonds. The van der Waals surface area contributed by atoms with Gasteiger partial charge in [-0.25, -0.2) is 9.97 Å². The molecule has 2 N–H and O–H groups in total. The number of anilines is 1. The molecule has 3 aromatic rings. The molecule has 0 aliphatic rings. The largest absolute Gasteiger partial charge is 0.342 e. The maximum absolute atomic E-state index is 12.8. The number of benzene rings is 1. The molecule has 2 heterocycles. The molecule has 0 aliphatic heterocycles. The first-order valence-corrected chi connectivity index (χ1v) is 10.7. The number of nitrogens with one attached hydrogen (secondary N) is 2. The molecule has 0 atom stereocenters. The molecular weight excluding hydrogens is 396 g/mol. The predicted octanol–water partition coefficient (Wildman–Crippen LogP) is 4.59. The van der Waals surface area contributed by atoms with Crippen LogP contribution < -0.4 is 10.6 Å². The third-order valence-electron chi connectivity index (χ3n) is 5.14. The van der Waals surface area contributed by atoms with E-state index in [1.807, 2.05) is 45.9 Å². The van der Waals surface area contributed by atoms with Crippen molar-refractivity contribution in [1.82, 2.24) is 15.3 Å². The number of thiophene rings is 1. The minimum absolute atomic E-state index is 0.0994. The first-order valence-electron chi connectivity index (χ1n) is 9.91. The number of nitrogens with zero attached hydrogens (tertiary/aromatic N) is 2. The Labute approximate surface area is 181 Å². The van der Waals surface area contributed by atoms with E-state index in [1.165, 1.54) is 11.3 Å². The van der Waals surface area contributed by atoms with Gasteiger partial charge in [0.2, 0.25) is 5.91 Å². The van der Waals surface area contributed by atoms with E-state index in [2.05, 4.69) is 41.4 Å². The summed E-state index contributed by atoms with van der Waals surface area (Å²) >= 11 is 1.34. The molecule has 0 radical (unpaired) electrons. The molecule has 0 saturated carbocycles. The SMILES string of the molecule is Cc1cccc(NC(=O)CNC(=O)c2sc3nc(C(C)(C)C)nc(C)c3c2C)c1C. The van der Waals surface area contributed by atoms with Gasteiger partial charge in [0.1, 0.15) is 10.7 Å². The number of rotatable bonds is 4. The lowest BCUT2D eigenvalue weighted by atomic mass is 9.95. The van der Waals surface area contributed by atoms with Crippen LogP contribution in [0.3, 0.4) is 0 Å². The van der Waals surface area contributed by atoms with Gasteiger partial charge >= 0.3 is 0 Å². The van der Waals surface area contributed by atoms with Crippen molar-refractivity contribution in [2.45, 2.75) is 53.9 Å². The summed E-state index contributed by atoms with van der Waals surface area (Å²) in [6.45, 7) is 13.9. The Morgan fingerprint density at radius 2 is 1.73 bits per heavy atom. The van der Waals surface area contributed by atoms with E-state index in [0.717, 1.165) is 44.1 Å². The van der Waals surface area contributed by atoms with Crippen LogP contribution in [0.1, 0.15) is 58.7 Å². The third-order valence-corrected chi connectivity index (χ3v) is 6.32. The van der Waals surface area contributed by atoms with Crippen LogP contribution in [-0.2, 0) is 10.2 Å². The molecule has 7 heteroatoms. The van der Waals surface area contributed by atoms with Gasteiger partial charge in [0.25, 0.3) is 5.91 Å². The van der Waals surface area contributed by atoms with Crippen LogP contribution in [0.5, 0.6) is 0 Å². The Balaban J connectivity index is 1.77. The van der Waals surface area contributed by atoms with Gasteiger partial charge in [0.15, 0.2) is 0 Å². The number of aryl methyl sites for hydroxylation is 3. The van der Waals surface area contributed by atoms with Crippen molar-refractivity contribution in [3.05, 3.63) is 51.3 Å². The van der Waals surface area contributed by atoms with Crippen LogP contribution in [0.2, 0.25) is 0 Å². The van der Waals surface area contributed by atoms with Crippen LogP contribution in [-0.4, -0.2) is 28.3 Å². The third kappa shape index (κ3) is 4.36. The Kier molecular flexibility index (Phi) is 5.94. The molecule has 1 aromatic carbocycles. The summed E-state index contributed by atoms with van der Waals surface area (Å²) in [7, 11) is 0. The zero-order valence-corrected chi connectivity index (χ0v) is 19.4. The average Bonchev–Trinajstić information content (AvgIpc) is 3.00. The Morgan fingerprint density at radius 1 is 1.03 bits per heavy atom. The van der Waals surface area contributed by atoms with Gasteiger partial charge in [-0.05, 0) is 50.5 Å². The molecule has 30 heavy (non-hydrogen) atoms. The van der Waals surface area contributed by atoms with Gasteiger partial charge in [-0.3, -0.25) is 9.59 Å². The molecule has 0 unspecified atom stereocenters. The van der Waals surface area contributed by atoms with Gasteiger partial charge in [-0.2, -0.15) is 0 Å². The van der Waals surface area contributed by atoms with Gasteiger partial charge in [-0.15, -0.1) is 11.3 Å². The monoisotopic (exact) mass is 424 g/mol. The van der Waals surface area contributed by atoms with Gasteiger partial charge < -0.3 is 10.6 Å². The summed E-state index contributed by atoms with van der Waals surface area (Å²) in [5.74, 6) is 0.221. The predicted molar refractivity (Wildman–Crippen MR) is 122 cm³/mol. The molecule has 158 valence electrons. The fourth-order valence-electron chi connectivity index (χ4n) is 3.21. The minimum Gasteiger partial charge on any atom is -0.342 e. The van der Waals surface area contributed by atoms with Crippen molar-refractivity contribution in [1.29, 1.82) is 0 Å². The van der Waals surface area contributed by atoms with Crippen LogP contribution in [0.15, 0.2) is 18.2 Å². The van der Waals surface area contributed by atoms with Gasteiger partial charge in [-0.1, -0.05) is 32.9 Å². The normalized spacial score (nSPS) is 11.6. The highest BCUT2D eigenvalue weighted by Gasteiger charge is 2.23. The highest BCUT2D eigenvalue weighted by Crippen LogP contribution is 2.33. The molecular formula is C23H28N4O2S. The fourth-order valence-corrected chi connectivity index (χ4v) is 4.36. The molecule has 6 nitrogen and oxygen atoms in total. The highest BCUT2D eigenvalue weighted by atomic mass is 32.1. The number of carbonyl (C=O) groups is 2. The molecule has 0 bridgehead atoms. The second-order valence-corrected chi connectivity index (χ2v) is 9.60. The van der Waals surface area contributed by atoms with Crippen LogP contribution in [0.25, 0.3) is 10.2 Å². The highest BCUT2D eigenvalue weighted by molar-refractivity contribution is 7.20. The molecule has 0 saturated heterocycles. The summed E-state index contributed by atoms with van der Waals surface area (Å²) in [6.07, 6.45) is 0. The lowest BCUT2D eigenvalue weighted by molar-refractivity contribution is -0.115. The van der Waals surface area contributed by atoms with Crippen molar-refractivity contribution >= 4 is 39.1 Å². The number of aromatic nitrogens is 2. The molecule has 3 rings (SSSR count). The van der Waals surface area contributed by atoms with E-state index >= 15 is 0 Å². The fraction of sp³-hybridized carbons (Fsp3) is 0.391. The lowest BCUT2D eigenvalue weighted by Crippen LogP contribution is -2.32. The van der Waals surface area contributed by atoms with E-state index in [1.54, 1.807) is 0 Å². The number of hydrogen-bond acceptors (Lipinski definition) is 5. The summed E-state index contributed by atoms with van der Waals surface area (Å²) < 4.78 is 0. The first kappa shape index (κ1) is 21.9. The first-order chi connectivity index (χ1) is 14.0. The van der Waals surface area contributed by atoms with Crippen LogP contribution in [0.4, 0.5) is 5.69 Å². The van der Waals surface area contributed by atoms with Gasteiger partial charge in [0.05, 0.1) is 17.1 Å². The number of amides is 2. The standard InChI is InChI=1S/C23H28N4O2S/c1-12-9-8-10-16(13(12)2)26-17(28)11-24-20(29)19-14(3)18-15(4)25-22(23(5,6)7)27-21(18)30-19/h8-10H,11H2,1-7H3,(H,24,29)(H,26,28). The zero-order chi connectivity index (χ0) is 22.2. The smallest absolute Gasteiger partial charge is 0.262 e. The van der Waals surface area contributed by atoms with Crippen molar-refractivity contribution in [2.75, 3.05) is 11.9 Å². The van der Waals surface area contributed by atoms with E-state index in [-0.39, 0.29) is 23.8 Å². The number of hydrogen-bond donors (Lipinski definition) is 2. The van der Waals surface area contributed by atoms with Crippen molar-refractivity contribution in [3.8, 4) is 0 Å². The number of fused-ring (bicyclic) bond motifs is 1. The molecule has 0 aliphatic carbocycles. The van der Waals surface area contributed by atoms with Crippen molar-refractivity contribution < 1.29 is 9.59 Å². The van der Waals surface area contributed by atoms with E-state index < -0.39 is 0 Å². The second-order valence-electron chi connectivity index (χ2n) is 8.60. The van der Waals surface area contributed by atoms with Gasteiger partial charge in [0, 0.05) is 16.5 Å². The van der Waals surface area contributed by atoms with Crippen LogP contribution in [0, 0.1) is 27.7 Å². The topological polar surface area (TPSA) is 84.0 Å². The quantitative estimate of drug-likeness (QED) is 0.641. The van der Waals surface area contributed by atoms with E-state index in [4.69, 9.17) is 0 Å². The Hall–Kier alpha value is -2.80. The average molecular weight is 425 g/mol. The van der Waals surface area contributed by atoms with Crippen molar-refractivity contribution in [3.63, 3.8) is 0 Å². The Morgan fingerprint density at radius 3 is 2.40 bits per heavy atom. The summed E-state index contributed by atoms with van der Waals surface area (Å²) in [4.78, 5) is 35.8. The maximum Gasteiger partial charge on any atom is 0.262 e. The minimum atomic E-state index is -0.275. The van der Waals surface area contributed by atoms with Crippen molar-refractivity contribution in [2.24, 2.45) is 0 Å².